The molecule has 1 saturated carbocycles. The fourth-order valence-electron chi connectivity index (χ4n) is 3.30. The summed E-state index contributed by atoms with van der Waals surface area (Å²) < 4.78 is 0. The van der Waals surface area contributed by atoms with Gasteiger partial charge in [-0.15, -0.1) is 0 Å². The Hall–Kier alpha value is -2.76. The first-order chi connectivity index (χ1) is 11.5. The molecule has 6 nitrogen and oxygen atoms in total. The quantitative estimate of drug-likeness (QED) is 0.682. The molecule has 1 fully saturated rings. The molecule has 126 valence electrons. The van der Waals surface area contributed by atoms with Gasteiger partial charge in [0.1, 0.15) is 5.70 Å². The summed E-state index contributed by atoms with van der Waals surface area (Å²) >= 11 is 0. The lowest BCUT2D eigenvalue weighted by Crippen LogP contribution is -2.49. The smallest absolute Gasteiger partial charge is 0.323 e. The highest BCUT2D eigenvalue weighted by Crippen LogP contribution is 2.32. The van der Waals surface area contributed by atoms with Crippen molar-refractivity contribution in [2.24, 2.45) is 5.73 Å². The summed E-state index contributed by atoms with van der Waals surface area (Å²) in [7, 11) is 0. The Balaban J connectivity index is 1.58. The van der Waals surface area contributed by atoms with E-state index in [0.29, 0.717) is 5.92 Å². The van der Waals surface area contributed by atoms with Gasteiger partial charge in [0.2, 0.25) is 0 Å². The first-order valence-electron chi connectivity index (χ1n) is 8.17. The molecule has 0 unspecified atom stereocenters. The van der Waals surface area contributed by atoms with Crippen LogP contribution in [0.15, 0.2) is 54.0 Å². The molecule has 0 bridgehead atoms. The van der Waals surface area contributed by atoms with Crippen molar-refractivity contribution in [2.45, 2.75) is 37.6 Å². The Bertz CT molecular complexity index is 688. The average Bonchev–Trinajstić information content (AvgIpc) is 2.59. The van der Waals surface area contributed by atoms with E-state index in [0.717, 1.165) is 25.7 Å². The summed E-state index contributed by atoms with van der Waals surface area (Å²) in [6, 6.07) is 10.1. The third-order valence-electron chi connectivity index (χ3n) is 4.66. The van der Waals surface area contributed by atoms with Crippen LogP contribution in [0.2, 0.25) is 0 Å². The normalized spacial score (nSPS) is 24.2. The van der Waals surface area contributed by atoms with E-state index < -0.39 is 6.03 Å². The fraction of sp³-hybridized carbons (Fsp3) is 0.333. The number of nitrogens with two attached hydrogens (primary N) is 1. The van der Waals surface area contributed by atoms with E-state index in [-0.39, 0.29) is 29.0 Å². The fourth-order valence-corrected chi connectivity index (χ4v) is 3.30. The van der Waals surface area contributed by atoms with Gasteiger partial charge in [0.05, 0.1) is 11.4 Å². The maximum atomic E-state index is 12.4. The standard InChI is InChI=1S/C18H22N4O2/c1-11-15(19)16(22-18(24)20-11)17(23)21-14-9-7-13(8-10-14)12-5-3-2-4-6-12/h2-6,13-14H,1,7-10,19H2,(H,21,23)(H2,20,22,24). The maximum Gasteiger partial charge on any atom is 0.323 e. The van der Waals surface area contributed by atoms with E-state index in [4.69, 9.17) is 5.73 Å². The molecule has 0 atom stereocenters. The van der Waals surface area contributed by atoms with E-state index in [2.05, 4.69) is 46.8 Å². The van der Waals surface area contributed by atoms with Crippen molar-refractivity contribution in [2.75, 3.05) is 0 Å². The molecule has 1 aromatic rings. The molecule has 0 radical (unpaired) electrons. The lowest BCUT2D eigenvalue weighted by atomic mass is 9.82. The highest BCUT2D eigenvalue weighted by molar-refractivity contribution is 6.00. The first kappa shape index (κ1) is 16.1. The second kappa shape index (κ2) is 6.78. The average molecular weight is 326 g/mol. The minimum Gasteiger partial charge on any atom is -0.395 e. The van der Waals surface area contributed by atoms with Crippen LogP contribution in [0.25, 0.3) is 0 Å². The summed E-state index contributed by atoms with van der Waals surface area (Å²) in [6.07, 6.45) is 3.88. The molecule has 3 rings (SSSR count). The van der Waals surface area contributed by atoms with Gasteiger partial charge in [-0.1, -0.05) is 36.9 Å². The highest BCUT2D eigenvalue weighted by atomic mass is 16.2. The molecule has 1 heterocycles. The van der Waals surface area contributed by atoms with Crippen LogP contribution in [0.1, 0.15) is 37.2 Å². The van der Waals surface area contributed by atoms with Crippen LogP contribution in [0.5, 0.6) is 0 Å². The number of urea groups is 1. The van der Waals surface area contributed by atoms with E-state index in [1.54, 1.807) is 0 Å². The molecular weight excluding hydrogens is 304 g/mol. The monoisotopic (exact) mass is 326 g/mol. The third kappa shape index (κ3) is 3.42. The van der Waals surface area contributed by atoms with Crippen LogP contribution < -0.4 is 21.7 Å². The van der Waals surface area contributed by atoms with Crippen molar-refractivity contribution in [1.29, 1.82) is 0 Å². The van der Waals surface area contributed by atoms with Gasteiger partial charge in [-0.3, -0.25) is 4.79 Å². The number of amides is 3. The van der Waals surface area contributed by atoms with Crippen LogP contribution in [-0.4, -0.2) is 18.0 Å². The molecule has 1 aliphatic heterocycles. The van der Waals surface area contributed by atoms with Crippen LogP contribution in [0.4, 0.5) is 4.79 Å². The summed E-state index contributed by atoms with van der Waals surface area (Å²) in [5.74, 6) is 0.189. The molecule has 6 heteroatoms. The molecular formula is C18H22N4O2. The molecule has 5 N–H and O–H groups in total. The van der Waals surface area contributed by atoms with E-state index in [1.165, 1.54) is 5.56 Å². The molecule has 3 amide bonds. The molecule has 0 spiro atoms. The zero-order chi connectivity index (χ0) is 17.1. The Morgan fingerprint density at radius 3 is 2.46 bits per heavy atom. The lowest BCUT2D eigenvalue weighted by Gasteiger charge is -2.30. The second-order valence-corrected chi connectivity index (χ2v) is 6.28. The van der Waals surface area contributed by atoms with Crippen molar-refractivity contribution in [1.82, 2.24) is 16.0 Å². The number of hydrogen-bond donors (Lipinski definition) is 4. The van der Waals surface area contributed by atoms with E-state index in [9.17, 15) is 9.59 Å². The lowest BCUT2D eigenvalue weighted by molar-refractivity contribution is -0.118. The molecule has 1 aliphatic carbocycles. The minimum absolute atomic E-state index is 0.0777. The van der Waals surface area contributed by atoms with Crippen LogP contribution in [0.3, 0.4) is 0 Å². The van der Waals surface area contributed by atoms with Gasteiger partial charge in [-0.05, 0) is 37.2 Å². The molecule has 2 aliphatic rings. The van der Waals surface area contributed by atoms with Crippen LogP contribution >= 0.6 is 0 Å². The number of rotatable bonds is 3. The summed E-state index contributed by atoms with van der Waals surface area (Å²) in [5, 5.41) is 7.86. The van der Waals surface area contributed by atoms with Gasteiger partial charge < -0.3 is 21.7 Å². The van der Waals surface area contributed by atoms with Crippen molar-refractivity contribution in [3.63, 3.8) is 0 Å². The van der Waals surface area contributed by atoms with Gasteiger partial charge in [0, 0.05) is 6.04 Å². The summed E-state index contributed by atoms with van der Waals surface area (Å²) in [4.78, 5) is 23.9. The predicted molar refractivity (Wildman–Crippen MR) is 91.6 cm³/mol. The topological polar surface area (TPSA) is 96.2 Å². The molecule has 0 saturated heterocycles. The number of benzene rings is 1. The Morgan fingerprint density at radius 2 is 1.79 bits per heavy atom. The maximum absolute atomic E-state index is 12.4. The van der Waals surface area contributed by atoms with Crippen LogP contribution in [0, 0.1) is 0 Å². The van der Waals surface area contributed by atoms with E-state index in [1.807, 2.05) is 6.07 Å². The predicted octanol–water partition coefficient (Wildman–Crippen LogP) is 1.83. The Labute approximate surface area is 141 Å². The van der Waals surface area contributed by atoms with Gasteiger partial charge in [0.15, 0.2) is 0 Å². The zero-order valence-electron chi connectivity index (χ0n) is 13.5. The summed E-state index contributed by atoms with van der Waals surface area (Å²) in [5.41, 5.74) is 7.68. The first-order valence-corrected chi connectivity index (χ1v) is 8.17. The highest BCUT2D eigenvalue weighted by Gasteiger charge is 2.28. The van der Waals surface area contributed by atoms with Crippen molar-refractivity contribution < 1.29 is 9.59 Å². The number of carbonyl (C=O) groups is 2. The van der Waals surface area contributed by atoms with Gasteiger partial charge >= 0.3 is 6.03 Å². The van der Waals surface area contributed by atoms with E-state index >= 15 is 0 Å². The summed E-state index contributed by atoms with van der Waals surface area (Å²) in [6.45, 7) is 3.63. The SMILES string of the molecule is C=C1NC(=O)NC(C(=O)NC2CCC(c3ccccc3)CC2)=C1N. The zero-order valence-corrected chi connectivity index (χ0v) is 13.5. The minimum atomic E-state index is -0.493. The number of nitrogens with one attached hydrogen (secondary N) is 3. The van der Waals surface area contributed by atoms with Gasteiger partial charge in [0.25, 0.3) is 5.91 Å². The number of carbonyl (C=O) groups excluding carboxylic acids is 2. The van der Waals surface area contributed by atoms with Crippen LogP contribution in [-0.2, 0) is 4.79 Å². The molecule has 0 aromatic heterocycles. The molecule has 24 heavy (non-hydrogen) atoms. The Morgan fingerprint density at radius 1 is 1.12 bits per heavy atom. The third-order valence-corrected chi connectivity index (χ3v) is 4.66. The van der Waals surface area contributed by atoms with Gasteiger partial charge in [-0.25, -0.2) is 4.79 Å². The van der Waals surface area contributed by atoms with Crippen molar-refractivity contribution in [3.05, 3.63) is 59.6 Å². The van der Waals surface area contributed by atoms with Crippen molar-refractivity contribution in [3.8, 4) is 0 Å². The number of hydrogen-bond acceptors (Lipinski definition) is 3. The Kier molecular flexibility index (Phi) is 4.55. The molecule has 1 aromatic carbocycles. The van der Waals surface area contributed by atoms with Crippen molar-refractivity contribution >= 4 is 11.9 Å². The second-order valence-electron chi connectivity index (χ2n) is 6.28. The largest absolute Gasteiger partial charge is 0.395 e. The van der Waals surface area contributed by atoms with Gasteiger partial charge in [-0.2, -0.15) is 0 Å².